The maximum absolute atomic E-state index is 12.0. The van der Waals surface area contributed by atoms with Crippen molar-refractivity contribution in [1.29, 1.82) is 5.26 Å². The fourth-order valence-corrected chi connectivity index (χ4v) is 1.05. The lowest BCUT2D eigenvalue weighted by Gasteiger charge is -2.12. The van der Waals surface area contributed by atoms with Gasteiger partial charge in [-0.15, -0.1) is 13.2 Å². The van der Waals surface area contributed by atoms with E-state index >= 15 is 0 Å². The summed E-state index contributed by atoms with van der Waals surface area (Å²) in [7, 11) is 0. The van der Waals surface area contributed by atoms with Gasteiger partial charge in [0.25, 0.3) is 5.91 Å². The molecule has 4 N–H and O–H groups in total. The first-order valence-electron chi connectivity index (χ1n) is 4.00. The van der Waals surface area contributed by atoms with Crippen LogP contribution in [0.25, 0.3) is 0 Å². The lowest BCUT2D eigenvalue weighted by molar-refractivity contribution is -0.274. The quantitative estimate of drug-likeness (QED) is 0.789. The van der Waals surface area contributed by atoms with Gasteiger partial charge in [-0.2, -0.15) is 5.26 Å². The van der Waals surface area contributed by atoms with Gasteiger partial charge in [-0.3, -0.25) is 4.79 Å². The Balaban J connectivity index is 3.38. The Morgan fingerprint density at radius 2 is 2.12 bits per heavy atom. The summed E-state index contributed by atoms with van der Waals surface area (Å²) in [6, 6.07) is 1.50. The number of hydrogen-bond donors (Lipinski definition) is 2. The van der Waals surface area contributed by atoms with Crippen LogP contribution in [0.1, 0.15) is 16.1 Å². The summed E-state index contributed by atoms with van der Waals surface area (Å²) in [6.45, 7) is 0. The molecule has 0 atom stereocenters. The average molecular weight is 246 g/mol. The van der Waals surface area contributed by atoms with E-state index in [4.69, 9.17) is 16.7 Å². The van der Waals surface area contributed by atoms with E-state index in [9.17, 15) is 18.0 Å². The molecule has 90 valence electrons. The van der Waals surface area contributed by atoms with Crippen molar-refractivity contribution in [3.63, 3.8) is 0 Å². The fraction of sp³-hybridized carbons (Fsp3) is 0.125. The van der Waals surface area contributed by atoms with Crippen LogP contribution in [0.15, 0.2) is 6.20 Å². The van der Waals surface area contributed by atoms with Crippen LogP contribution in [0.3, 0.4) is 0 Å². The number of nitrogens with zero attached hydrogens (tertiary/aromatic N) is 2. The van der Waals surface area contributed by atoms with Crippen LogP contribution < -0.4 is 16.2 Å². The highest BCUT2D eigenvalue weighted by atomic mass is 19.4. The smallest absolute Gasteiger partial charge is 0.403 e. The Kier molecular flexibility index (Phi) is 3.08. The molecule has 0 aromatic carbocycles. The summed E-state index contributed by atoms with van der Waals surface area (Å²) in [4.78, 5) is 14.3. The molecular weight excluding hydrogens is 241 g/mol. The molecule has 17 heavy (non-hydrogen) atoms. The summed E-state index contributed by atoms with van der Waals surface area (Å²) in [5.41, 5.74) is 8.44. The Morgan fingerprint density at radius 3 is 2.53 bits per heavy atom. The van der Waals surface area contributed by atoms with E-state index in [0.717, 1.165) is 0 Å². The number of nitrogens with two attached hydrogens (primary N) is 2. The minimum Gasteiger partial charge on any atom is -0.403 e. The zero-order chi connectivity index (χ0) is 13.2. The maximum Gasteiger partial charge on any atom is 0.573 e. The fourth-order valence-electron chi connectivity index (χ4n) is 1.05. The van der Waals surface area contributed by atoms with Crippen LogP contribution in [-0.4, -0.2) is 17.3 Å². The first-order chi connectivity index (χ1) is 7.76. The van der Waals surface area contributed by atoms with Gasteiger partial charge in [0.2, 0.25) is 0 Å². The summed E-state index contributed by atoms with van der Waals surface area (Å²) in [5, 5.41) is 8.54. The van der Waals surface area contributed by atoms with E-state index in [0.29, 0.717) is 6.20 Å². The van der Waals surface area contributed by atoms with E-state index in [1.807, 2.05) is 0 Å². The molecule has 1 amide bonds. The zero-order valence-electron chi connectivity index (χ0n) is 8.08. The van der Waals surface area contributed by atoms with Gasteiger partial charge in [0.1, 0.15) is 11.6 Å². The number of amides is 1. The Labute approximate surface area is 92.6 Å². The first-order valence-corrected chi connectivity index (χ1v) is 4.00. The van der Waals surface area contributed by atoms with Gasteiger partial charge in [0.15, 0.2) is 11.4 Å². The normalized spacial score (nSPS) is 10.7. The van der Waals surface area contributed by atoms with Crippen LogP contribution in [0.5, 0.6) is 5.75 Å². The molecule has 0 bridgehead atoms. The molecule has 1 rings (SSSR count). The third-order valence-corrected chi connectivity index (χ3v) is 1.66. The second kappa shape index (κ2) is 4.17. The topological polar surface area (TPSA) is 115 Å². The molecule has 0 radical (unpaired) electrons. The van der Waals surface area contributed by atoms with Crippen molar-refractivity contribution < 1.29 is 22.7 Å². The molecule has 0 fully saturated rings. The second-order valence-corrected chi connectivity index (χ2v) is 2.78. The number of halogens is 3. The average Bonchev–Trinajstić information content (AvgIpc) is 2.14. The number of anilines is 1. The minimum absolute atomic E-state index is 0.409. The molecule has 0 spiro atoms. The number of primary amides is 1. The van der Waals surface area contributed by atoms with Gasteiger partial charge in [0.05, 0.1) is 11.9 Å². The van der Waals surface area contributed by atoms with Crippen molar-refractivity contribution in [1.82, 2.24) is 4.98 Å². The summed E-state index contributed by atoms with van der Waals surface area (Å²) < 4.78 is 39.5. The van der Waals surface area contributed by atoms with Crippen molar-refractivity contribution in [3.8, 4) is 11.8 Å². The van der Waals surface area contributed by atoms with Crippen LogP contribution in [-0.2, 0) is 0 Å². The molecular formula is C8H5F3N4O2. The number of rotatable bonds is 2. The van der Waals surface area contributed by atoms with Crippen LogP contribution in [0.4, 0.5) is 18.9 Å². The highest BCUT2D eigenvalue weighted by Gasteiger charge is 2.34. The monoisotopic (exact) mass is 246 g/mol. The van der Waals surface area contributed by atoms with Crippen LogP contribution >= 0.6 is 0 Å². The molecule has 6 nitrogen and oxygen atoms in total. The minimum atomic E-state index is -5.02. The number of carbonyl (C=O) groups excluding carboxylic acids is 1. The van der Waals surface area contributed by atoms with Gasteiger partial charge in [0, 0.05) is 0 Å². The largest absolute Gasteiger partial charge is 0.573 e. The number of nitriles is 1. The molecule has 1 aromatic heterocycles. The molecule has 0 aliphatic carbocycles. The predicted molar refractivity (Wildman–Crippen MR) is 48.6 cm³/mol. The molecule has 1 heterocycles. The van der Waals surface area contributed by atoms with E-state index in [1.165, 1.54) is 6.07 Å². The second-order valence-electron chi connectivity index (χ2n) is 2.78. The van der Waals surface area contributed by atoms with Gasteiger partial charge >= 0.3 is 6.36 Å². The van der Waals surface area contributed by atoms with Crippen LogP contribution in [0.2, 0.25) is 0 Å². The number of pyridine rings is 1. The van der Waals surface area contributed by atoms with E-state index in [-0.39, 0.29) is 0 Å². The third-order valence-electron chi connectivity index (χ3n) is 1.66. The molecule has 1 aromatic rings. The lowest BCUT2D eigenvalue weighted by atomic mass is 10.1. The van der Waals surface area contributed by atoms with Crippen molar-refractivity contribution >= 4 is 11.6 Å². The Bertz CT molecular complexity index is 507. The van der Waals surface area contributed by atoms with Crippen molar-refractivity contribution in [2.45, 2.75) is 6.36 Å². The number of nitrogen functional groups attached to an aromatic ring is 1. The highest BCUT2D eigenvalue weighted by molar-refractivity contribution is 6.01. The Hall–Kier alpha value is -2.50. The summed E-state index contributed by atoms with van der Waals surface area (Å²) in [5.74, 6) is -2.19. The van der Waals surface area contributed by atoms with E-state index < -0.39 is 35.0 Å². The first kappa shape index (κ1) is 12.6. The van der Waals surface area contributed by atoms with Crippen molar-refractivity contribution in [2.75, 3.05) is 5.73 Å². The number of carbonyl (C=O) groups is 1. The van der Waals surface area contributed by atoms with Gasteiger partial charge in [-0.05, 0) is 0 Å². The SMILES string of the molecule is N#Cc1ncc(OC(F)(F)F)c(C(N)=O)c1N. The molecule has 0 saturated heterocycles. The van der Waals surface area contributed by atoms with Crippen molar-refractivity contribution in [3.05, 3.63) is 17.5 Å². The molecule has 9 heteroatoms. The number of alkyl halides is 3. The molecule has 0 saturated carbocycles. The lowest BCUT2D eigenvalue weighted by Crippen LogP contribution is -2.22. The van der Waals surface area contributed by atoms with Crippen LogP contribution in [0, 0.1) is 11.3 Å². The van der Waals surface area contributed by atoms with Crippen molar-refractivity contribution in [2.24, 2.45) is 5.73 Å². The van der Waals surface area contributed by atoms with Gasteiger partial charge in [-0.1, -0.05) is 0 Å². The summed E-state index contributed by atoms with van der Waals surface area (Å²) >= 11 is 0. The predicted octanol–water partition coefficient (Wildman–Crippen LogP) is 0.533. The third kappa shape index (κ3) is 2.75. The molecule has 0 unspecified atom stereocenters. The number of hydrogen-bond acceptors (Lipinski definition) is 5. The highest BCUT2D eigenvalue weighted by Crippen LogP contribution is 2.30. The molecule has 0 aliphatic heterocycles. The number of ether oxygens (including phenoxy) is 1. The van der Waals surface area contributed by atoms with Gasteiger partial charge in [-0.25, -0.2) is 4.98 Å². The molecule has 0 aliphatic rings. The van der Waals surface area contributed by atoms with E-state index in [2.05, 4.69) is 9.72 Å². The van der Waals surface area contributed by atoms with Gasteiger partial charge < -0.3 is 16.2 Å². The maximum atomic E-state index is 12.0. The zero-order valence-corrected chi connectivity index (χ0v) is 8.08. The standard InChI is InChI=1S/C8H5F3N4O2/c9-8(10,11)17-4-2-15-3(1-12)6(13)5(4)7(14)16/h2H,13H2,(H2,14,16). The van der Waals surface area contributed by atoms with E-state index in [1.54, 1.807) is 0 Å². The Morgan fingerprint density at radius 1 is 1.53 bits per heavy atom. The summed E-state index contributed by atoms with van der Waals surface area (Å²) in [6.07, 6.45) is -4.46. The number of aromatic nitrogens is 1.